The van der Waals surface area contributed by atoms with Crippen molar-refractivity contribution in [3.8, 4) is 0 Å². The molecule has 3 unspecified atom stereocenters. The van der Waals surface area contributed by atoms with Gasteiger partial charge in [-0.25, -0.2) is 4.98 Å². The number of aromatic nitrogens is 1. The Balaban J connectivity index is 1.90. The third-order valence-corrected chi connectivity index (χ3v) is 5.41. The predicted octanol–water partition coefficient (Wildman–Crippen LogP) is 2.15. The molecule has 1 aromatic rings. The monoisotopic (exact) mass is 251 g/mol. The Labute approximate surface area is 107 Å². The van der Waals surface area contributed by atoms with E-state index in [1.165, 1.54) is 30.2 Å². The molecule has 0 aromatic carbocycles. The second kappa shape index (κ2) is 4.04. The van der Waals surface area contributed by atoms with Crippen LogP contribution in [0.25, 0.3) is 0 Å². The Morgan fingerprint density at radius 1 is 1.53 bits per heavy atom. The van der Waals surface area contributed by atoms with Gasteiger partial charge in [0.25, 0.3) is 0 Å². The molecule has 2 bridgehead atoms. The zero-order valence-electron chi connectivity index (χ0n) is 10.6. The maximum Gasteiger partial charge on any atom is 0.113 e. The molecular formula is C13H21N3S. The number of piperidine rings is 1. The van der Waals surface area contributed by atoms with Crippen molar-refractivity contribution >= 4 is 11.3 Å². The van der Waals surface area contributed by atoms with E-state index in [0.717, 1.165) is 13.0 Å². The van der Waals surface area contributed by atoms with Crippen molar-refractivity contribution < 1.29 is 0 Å². The molecule has 3 nitrogen and oxygen atoms in total. The summed E-state index contributed by atoms with van der Waals surface area (Å²) in [5, 5.41) is 3.36. The van der Waals surface area contributed by atoms with E-state index in [4.69, 9.17) is 10.7 Å². The summed E-state index contributed by atoms with van der Waals surface area (Å²) in [7, 11) is 0. The Morgan fingerprint density at radius 2 is 2.35 bits per heavy atom. The maximum atomic E-state index is 6.70. The molecule has 0 aliphatic carbocycles. The Morgan fingerprint density at radius 3 is 3.06 bits per heavy atom. The molecular weight excluding hydrogens is 230 g/mol. The van der Waals surface area contributed by atoms with Crippen molar-refractivity contribution in [1.82, 2.24) is 9.88 Å². The van der Waals surface area contributed by atoms with Gasteiger partial charge in [0, 0.05) is 18.5 Å². The minimum atomic E-state index is -0.148. The van der Waals surface area contributed by atoms with Crippen molar-refractivity contribution in [3.05, 3.63) is 16.1 Å². The molecule has 2 N–H and O–H groups in total. The molecule has 2 saturated heterocycles. The highest BCUT2D eigenvalue weighted by Crippen LogP contribution is 2.42. The van der Waals surface area contributed by atoms with Crippen LogP contribution in [0, 0.1) is 5.92 Å². The second-order valence-electron chi connectivity index (χ2n) is 5.81. The second-order valence-corrected chi connectivity index (χ2v) is 6.67. The zero-order chi connectivity index (χ0) is 12.0. The molecule has 0 spiro atoms. The van der Waals surface area contributed by atoms with Crippen LogP contribution in [0.3, 0.4) is 0 Å². The van der Waals surface area contributed by atoms with E-state index >= 15 is 0 Å². The van der Waals surface area contributed by atoms with Gasteiger partial charge in [0.15, 0.2) is 0 Å². The number of nitrogens with zero attached hydrogens (tertiary/aromatic N) is 2. The number of thiazole rings is 1. The van der Waals surface area contributed by atoms with Crippen LogP contribution in [0.5, 0.6) is 0 Å². The number of hydrogen-bond acceptors (Lipinski definition) is 4. The van der Waals surface area contributed by atoms with Crippen LogP contribution in [0.4, 0.5) is 0 Å². The summed E-state index contributed by atoms with van der Waals surface area (Å²) < 4.78 is 0. The minimum Gasteiger partial charge on any atom is -0.319 e. The van der Waals surface area contributed by atoms with Gasteiger partial charge < -0.3 is 10.6 Å². The third-order valence-electron chi connectivity index (χ3n) is 4.35. The number of nitrogens with two attached hydrogens (primary N) is 1. The van der Waals surface area contributed by atoms with Crippen LogP contribution in [0.15, 0.2) is 5.38 Å². The summed E-state index contributed by atoms with van der Waals surface area (Å²) in [4.78, 5) is 7.33. The molecule has 1 aromatic heterocycles. The van der Waals surface area contributed by atoms with E-state index in [9.17, 15) is 0 Å². The lowest BCUT2D eigenvalue weighted by Gasteiger charge is -2.38. The van der Waals surface area contributed by atoms with Gasteiger partial charge in [-0.2, -0.15) is 0 Å². The van der Waals surface area contributed by atoms with E-state index < -0.39 is 0 Å². The highest BCUT2D eigenvalue weighted by molar-refractivity contribution is 7.09. The predicted molar refractivity (Wildman–Crippen MR) is 71.2 cm³/mol. The van der Waals surface area contributed by atoms with Gasteiger partial charge in [-0.05, 0) is 31.2 Å². The van der Waals surface area contributed by atoms with Crippen molar-refractivity contribution in [3.63, 3.8) is 0 Å². The zero-order valence-corrected chi connectivity index (χ0v) is 11.5. The number of hydrogen-bond donors (Lipinski definition) is 1. The first-order valence-corrected chi connectivity index (χ1v) is 7.44. The van der Waals surface area contributed by atoms with Crippen LogP contribution in [-0.4, -0.2) is 29.5 Å². The summed E-state index contributed by atoms with van der Waals surface area (Å²) in [5.74, 6) is 1.12. The van der Waals surface area contributed by atoms with E-state index in [1.54, 1.807) is 11.3 Å². The van der Waals surface area contributed by atoms with Crippen LogP contribution >= 0.6 is 11.3 Å². The summed E-state index contributed by atoms with van der Waals surface area (Å²) in [6, 6.07) is 0. The smallest absolute Gasteiger partial charge is 0.113 e. The van der Waals surface area contributed by atoms with E-state index in [1.807, 2.05) is 0 Å². The molecule has 2 aliphatic rings. The lowest BCUT2D eigenvalue weighted by molar-refractivity contribution is 0.168. The molecule has 2 fully saturated rings. The fourth-order valence-corrected chi connectivity index (χ4v) is 4.25. The lowest BCUT2D eigenvalue weighted by atomic mass is 9.80. The first kappa shape index (κ1) is 11.6. The first-order valence-electron chi connectivity index (χ1n) is 6.57. The molecule has 3 rings (SSSR count). The van der Waals surface area contributed by atoms with Gasteiger partial charge in [0.2, 0.25) is 0 Å². The van der Waals surface area contributed by atoms with E-state index in [0.29, 0.717) is 11.8 Å². The minimum absolute atomic E-state index is 0.148. The number of rotatable bonds is 2. The Bertz CT molecular complexity index is 415. The van der Waals surface area contributed by atoms with E-state index in [2.05, 4.69) is 24.1 Å². The maximum absolute atomic E-state index is 6.70. The fourth-order valence-electron chi connectivity index (χ4n) is 3.05. The fraction of sp³-hybridized carbons (Fsp3) is 0.769. The van der Waals surface area contributed by atoms with Crippen molar-refractivity contribution in [2.45, 2.75) is 38.1 Å². The molecule has 3 heterocycles. The largest absolute Gasteiger partial charge is 0.319 e. The quantitative estimate of drug-likeness (QED) is 0.875. The third kappa shape index (κ3) is 1.83. The molecule has 4 heteroatoms. The SMILES string of the molecule is CC(C)c1csc(C2(N)CCN3CCC2C3)n1. The molecule has 17 heavy (non-hydrogen) atoms. The van der Waals surface area contributed by atoms with Crippen molar-refractivity contribution in [1.29, 1.82) is 0 Å². The molecule has 0 radical (unpaired) electrons. The Hall–Kier alpha value is -0.450. The van der Waals surface area contributed by atoms with Gasteiger partial charge >= 0.3 is 0 Å². The molecule has 3 atom stereocenters. The average molecular weight is 251 g/mol. The highest BCUT2D eigenvalue weighted by Gasteiger charge is 2.46. The lowest BCUT2D eigenvalue weighted by Crippen LogP contribution is -2.50. The molecule has 0 amide bonds. The van der Waals surface area contributed by atoms with Crippen molar-refractivity contribution in [2.75, 3.05) is 19.6 Å². The highest BCUT2D eigenvalue weighted by atomic mass is 32.1. The van der Waals surface area contributed by atoms with Gasteiger partial charge in [-0.3, -0.25) is 0 Å². The molecule has 0 saturated carbocycles. The molecule has 2 aliphatic heterocycles. The summed E-state index contributed by atoms with van der Waals surface area (Å²) in [6.07, 6.45) is 2.32. The normalized spacial score (nSPS) is 36.7. The number of fused-ring (bicyclic) bond motifs is 2. The summed E-state index contributed by atoms with van der Waals surface area (Å²) in [6.45, 7) is 7.93. The molecule has 94 valence electrons. The van der Waals surface area contributed by atoms with Crippen LogP contribution in [0.1, 0.15) is 43.3 Å². The van der Waals surface area contributed by atoms with E-state index in [-0.39, 0.29) is 5.54 Å². The van der Waals surface area contributed by atoms with Gasteiger partial charge in [0.05, 0.1) is 11.2 Å². The van der Waals surface area contributed by atoms with Crippen LogP contribution < -0.4 is 5.73 Å². The van der Waals surface area contributed by atoms with Crippen LogP contribution in [0.2, 0.25) is 0 Å². The first-order chi connectivity index (χ1) is 8.09. The average Bonchev–Trinajstić information content (AvgIpc) is 2.93. The van der Waals surface area contributed by atoms with Crippen molar-refractivity contribution in [2.24, 2.45) is 11.7 Å². The van der Waals surface area contributed by atoms with Crippen LogP contribution in [-0.2, 0) is 5.54 Å². The summed E-state index contributed by atoms with van der Waals surface area (Å²) in [5.41, 5.74) is 7.75. The Kier molecular flexibility index (Phi) is 2.76. The topological polar surface area (TPSA) is 42.1 Å². The summed E-state index contributed by atoms with van der Waals surface area (Å²) >= 11 is 1.77. The van der Waals surface area contributed by atoms with Gasteiger partial charge in [0.1, 0.15) is 5.01 Å². The van der Waals surface area contributed by atoms with Gasteiger partial charge in [-0.1, -0.05) is 13.8 Å². The van der Waals surface area contributed by atoms with Gasteiger partial charge in [-0.15, -0.1) is 11.3 Å². The standard InChI is InChI=1S/C13H21N3S/c1-9(2)11-8-17-12(15-11)13(14)4-6-16-5-3-10(13)7-16/h8-10H,3-7,14H2,1-2H3.